The first kappa shape index (κ1) is 15.0. The number of aliphatic hydroxyl groups is 1. The van der Waals surface area contributed by atoms with Crippen molar-refractivity contribution in [3.05, 3.63) is 0 Å². The number of rotatable bonds is 3. The second kappa shape index (κ2) is 6.46. The third-order valence-electron chi connectivity index (χ3n) is 5.25. The van der Waals surface area contributed by atoms with Crippen LogP contribution in [-0.4, -0.2) is 60.7 Å². The van der Waals surface area contributed by atoms with E-state index in [1.54, 1.807) is 7.11 Å². The summed E-state index contributed by atoms with van der Waals surface area (Å²) in [6.07, 6.45) is 4.48. The summed E-state index contributed by atoms with van der Waals surface area (Å²) in [5.74, 6) is 1.17. The summed E-state index contributed by atoms with van der Waals surface area (Å²) in [5, 5.41) is 16.9. The fourth-order valence-corrected chi connectivity index (χ4v) is 4.55. The SMILES string of the molecule is COC(O)C1CNC2CCC(C3CCCNC3Cl)CN21. The van der Waals surface area contributed by atoms with Gasteiger partial charge in [0.15, 0.2) is 6.29 Å². The second-order valence-corrected chi connectivity index (χ2v) is 6.78. The molecule has 3 fully saturated rings. The van der Waals surface area contributed by atoms with Crippen molar-refractivity contribution in [2.24, 2.45) is 11.8 Å². The first-order valence-corrected chi connectivity index (χ1v) is 8.22. The molecule has 0 aromatic rings. The highest BCUT2D eigenvalue weighted by molar-refractivity contribution is 6.20. The molecule has 3 heterocycles. The molecule has 6 unspecified atom stereocenters. The molecule has 116 valence electrons. The van der Waals surface area contributed by atoms with E-state index in [0.717, 1.165) is 26.1 Å². The number of halogens is 1. The maximum absolute atomic E-state index is 10.0. The molecule has 0 radical (unpaired) electrons. The lowest BCUT2D eigenvalue weighted by atomic mass is 9.80. The van der Waals surface area contributed by atoms with Crippen molar-refractivity contribution >= 4 is 11.6 Å². The van der Waals surface area contributed by atoms with Gasteiger partial charge in [-0.25, -0.2) is 0 Å². The van der Waals surface area contributed by atoms with Gasteiger partial charge in [0, 0.05) is 20.2 Å². The molecule has 0 spiro atoms. The van der Waals surface area contributed by atoms with Crippen molar-refractivity contribution < 1.29 is 9.84 Å². The zero-order valence-corrected chi connectivity index (χ0v) is 12.9. The van der Waals surface area contributed by atoms with Crippen molar-refractivity contribution in [1.29, 1.82) is 0 Å². The average molecular weight is 304 g/mol. The van der Waals surface area contributed by atoms with Crippen molar-refractivity contribution in [2.45, 2.75) is 49.7 Å². The van der Waals surface area contributed by atoms with Crippen molar-refractivity contribution in [3.63, 3.8) is 0 Å². The van der Waals surface area contributed by atoms with Gasteiger partial charge in [0.2, 0.25) is 0 Å². The number of methoxy groups -OCH3 is 1. The Hall–Kier alpha value is 0.0900. The molecule has 6 atom stereocenters. The highest BCUT2D eigenvalue weighted by Gasteiger charge is 2.43. The van der Waals surface area contributed by atoms with Crippen molar-refractivity contribution in [1.82, 2.24) is 15.5 Å². The van der Waals surface area contributed by atoms with E-state index in [1.165, 1.54) is 19.3 Å². The molecule has 3 rings (SSSR count). The zero-order valence-electron chi connectivity index (χ0n) is 12.1. The molecule has 6 heteroatoms. The number of nitrogens with zero attached hydrogens (tertiary/aromatic N) is 1. The standard InChI is InChI=1S/C14H26ClN3O2/c1-20-14(19)11-7-17-12-5-4-9(8-18(11)12)10-3-2-6-16-13(10)15/h9-14,16-17,19H,2-8H2,1H3. The second-order valence-electron chi connectivity index (χ2n) is 6.31. The molecule has 0 aromatic carbocycles. The number of alkyl halides is 1. The average Bonchev–Trinajstić information content (AvgIpc) is 2.90. The van der Waals surface area contributed by atoms with E-state index >= 15 is 0 Å². The van der Waals surface area contributed by atoms with E-state index in [0.29, 0.717) is 18.0 Å². The summed E-state index contributed by atoms with van der Waals surface area (Å²) >= 11 is 6.47. The van der Waals surface area contributed by atoms with Gasteiger partial charge in [0.25, 0.3) is 0 Å². The molecule has 0 bridgehead atoms. The van der Waals surface area contributed by atoms with Gasteiger partial charge < -0.3 is 15.2 Å². The smallest absolute Gasteiger partial charge is 0.171 e. The van der Waals surface area contributed by atoms with Gasteiger partial charge in [0.1, 0.15) is 0 Å². The Morgan fingerprint density at radius 1 is 1.30 bits per heavy atom. The largest absolute Gasteiger partial charge is 0.367 e. The first-order chi connectivity index (χ1) is 9.70. The third-order valence-corrected chi connectivity index (χ3v) is 5.73. The molecule has 0 amide bonds. The molecule has 0 aliphatic carbocycles. The van der Waals surface area contributed by atoms with Crippen LogP contribution in [0, 0.1) is 11.8 Å². The monoisotopic (exact) mass is 303 g/mol. The molecule has 3 aliphatic heterocycles. The molecule has 0 aromatic heterocycles. The van der Waals surface area contributed by atoms with Crippen LogP contribution < -0.4 is 10.6 Å². The Kier molecular flexibility index (Phi) is 4.85. The molecule has 3 saturated heterocycles. The third kappa shape index (κ3) is 2.85. The Morgan fingerprint density at radius 3 is 2.90 bits per heavy atom. The van der Waals surface area contributed by atoms with E-state index in [2.05, 4.69) is 15.5 Å². The Morgan fingerprint density at radius 2 is 2.15 bits per heavy atom. The van der Waals surface area contributed by atoms with Crippen LogP contribution in [0.2, 0.25) is 0 Å². The van der Waals surface area contributed by atoms with Crippen LogP contribution in [0.25, 0.3) is 0 Å². The van der Waals surface area contributed by atoms with Gasteiger partial charge in [0.05, 0.1) is 17.7 Å². The highest BCUT2D eigenvalue weighted by Crippen LogP contribution is 2.36. The minimum Gasteiger partial charge on any atom is -0.367 e. The number of fused-ring (bicyclic) bond motifs is 1. The lowest BCUT2D eigenvalue weighted by molar-refractivity contribution is -0.124. The van der Waals surface area contributed by atoms with Crippen LogP contribution in [0.1, 0.15) is 25.7 Å². The predicted octanol–water partition coefficient (Wildman–Crippen LogP) is 0.526. The van der Waals surface area contributed by atoms with Gasteiger partial charge in [-0.05, 0) is 44.1 Å². The summed E-state index contributed by atoms with van der Waals surface area (Å²) in [5.41, 5.74) is 0.103. The molecular weight excluding hydrogens is 278 g/mol. The van der Waals surface area contributed by atoms with Gasteiger partial charge in [-0.15, -0.1) is 11.6 Å². The minimum absolute atomic E-state index is 0.0677. The number of piperidine rings is 2. The summed E-state index contributed by atoms with van der Waals surface area (Å²) in [7, 11) is 1.57. The summed E-state index contributed by atoms with van der Waals surface area (Å²) in [6, 6.07) is 0.0677. The fourth-order valence-electron chi connectivity index (χ4n) is 4.11. The number of nitrogens with one attached hydrogen (secondary N) is 2. The van der Waals surface area contributed by atoms with Crippen LogP contribution in [0.15, 0.2) is 0 Å². The van der Waals surface area contributed by atoms with Gasteiger partial charge >= 0.3 is 0 Å². The maximum Gasteiger partial charge on any atom is 0.171 e. The topological polar surface area (TPSA) is 56.8 Å². The zero-order chi connectivity index (χ0) is 14.1. The quantitative estimate of drug-likeness (QED) is 0.403. The van der Waals surface area contributed by atoms with Crippen molar-refractivity contribution in [3.8, 4) is 0 Å². The van der Waals surface area contributed by atoms with Crippen LogP contribution in [-0.2, 0) is 4.74 Å². The number of hydrogen-bond acceptors (Lipinski definition) is 5. The maximum atomic E-state index is 10.0. The molecular formula is C14H26ClN3O2. The molecule has 5 nitrogen and oxygen atoms in total. The first-order valence-electron chi connectivity index (χ1n) is 7.78. The van der Waals surface area contributed by atoms with E-state index in [4.69, 9.17) is 16.3 Å². The van der Waals surface area contributed by atoms with Crippen LogP contribution in [0.3, 0.4) is 0 Å². The van der Waals surface area contributed by atoms with E-state index in [-0.39, 0.29) is 11.5 Å². The highest BCUT2D eigenvalue weighted by atomic mass is 35.5. The Bertz CT molecular complexity index is 334. The summed E-state index contributed by atoms with van der Waals surface area (Å²) in [4.78, 5) is 2.39. The van der Waals surface area contributed by atoms with Crippen LogP contribution in [0.5, 0.6) is 0 Å². The summed E-state index contributed by atoms with van der Waals surface area (Å²) in [6.45, 7) is 2.86. The predicted molar refractivity (Wildman–Crippen MR) is 78.4 cm³/mol. The van der Waals surface area contributed by atoms with Gasteiger partial charge in [-0.1, -0.05) is 0 Å². The lowest BCUT2D eigenvalue weighted by Crippen LogP contribution is -2.53. The Labute approximate surface area is 126 Å². The van der Waals surface area contributed by atoms with Gasteiger partial charge in [-0.3, -0.25) is 10.2 Å². The number of ether oxygens (including phenoxy) is 1. The molecule has 3 N–H and O–H groups in total. The number of aliphatic hydroxyl groups excluding tert-OH is 1. The molecule has 20 heavy (non-hydrogen) atoms. The fraction of sp³-hybridized carbons (Fsp3) is 1.00. The van der Waals surface area contributed by atoms with E-state index in [9.17, 15) is 5.11 Å². The van der Waals surface area contributed by atoms with Crippen molar-refractivity contribution in [2.75, 3.05) is 26.7 Å². The lowest BCUT2D eigenvalue weighted by Gasteiger charge is -2.43. The minimum atomic E-state index is -0.706. The summed E-state index contributed by atoms with van der Waals surface area (Å²) < 4.78 is 5.12. The van der Waals surface area contributed by atoms with Crippen LogP contribution >= 0.6 is 11.6 Å². The molecule has 0 saturated carbocycles. The van der Waals surface area contributed by atoms with E-state index < -0.39 is 6.29 Å². The normalized spacial score (nSPS) is 44.2. The Balaban J connectivity index is 1.65. The van der Waals surface area contributed by atoms with Gasteiger partial charge in [-0.2, -0.15) is 0 Å². The van der Waals surface area contributed by atoms with E-state index in [1.807, 2.05) is 0 Å². The number of hydrogen-bond donors (Lipinski definition) is 3. The molecule has 3 aliphatic rings. The van der Waals surface area contributed by atoms with Crippen LogP contribution in [0.4, 0.5) is 0 Å².